The molecule has 0 bridgehead atoms. The first-order valence-corrected chi connectivity index (χ1v) is 8.77. The molecule has 1 unspecified atom stereocenters. The van der Waals surface area contributed by atoms with Crippen LogP contribution in [0.2, 0.25) is 0 Å². The number of nitrogens with two attached hydrogens (primary N) is 3. The van der Waals surface area contributed by atoms with Crippen molar-refractivity contribution in [1.29, 1.82) is 5.41 Å². The number of rotatable bonds is 7. The molecular weight excluding hydrogens is 396 g/mol. The number of carbonyl (C=O) groups excluding carboxylic acids is 4. The Kier molecular flexibility index (Phi) is 6.21. The van der Waals surface area contributed by atoms with Gasteiger partial charge in [-0.2, -0.15) is 0 Å². The molecule has 2 atom stereocenters. The molecule has 2 rings (SSSR count). The summed E-state index contributed by atoms with van der Waals surface area (Å²) in [5.41, 5.74) is 14.3. The van der Waals surface area contributed by atoms with Crippen LogP contribution in [0.3, 0.4) is 0 Å². The summed E-state index contributed by atoms with van der Waals surface area (Å²) in [6, 6.07) is 4.03. The lowest BCUT2D eigenvalue weighted by molar-refractivity contribution is -0.163. The number of carboxylic acids is 1. The Bertz CT molecular complexity index is 930. The Morgan fingerprint density at radius 1 is 1.17 bits per heavy atom. The molecule has 1 saturated heterocycles. The Morgan fingerprint density at radius 3 is 2.13 bits per heavy atom. The molecule has 0 aromatic heterocycles. The zero-order valence-electron chi connectivity index (χ0n) is 16.1. The maximum Gasteiger partial charge on any atom is 0.323 e. The molecule has 160 valence electrons. The lowest BCUT2D eigenvalue weighted by Crippen LogP contribution is -2.76. The Hall–Kier alpha value is -3.80. The number of nitrogens with one attached hydrogen (secondary N) is 1. The van der Waals surface area contributed by atoms with Crippen molar-refractivity contribution in [2.45, 2.75) is 18.5 Å². The van der Waals surface area contributed by atoms with Crippen molar-refractivity contribution in [1.82, 2.24) is 9.80 Å². The van der Waals surface area contributed by atoms with Gasteiger partial charge in [0.2, 0.25) is 0 Å². The van der Waals surface area contributed by atoms with Crippen LogP contribution >= 0.6 is 0 Å². The number of ketones is 1. The number of primary amides is 1. The molecule has 1 aromatic carbocycles. The molecule has 3 amide bonds. The van der Waals surface area contributed by atoms with Crippen LogP contribution in [0.4, 0.5) is 0 Å². The highest BCUT2D eigenvalue weighted by atomic mass is 16.4. The standard InChI is InChI=1S/C18H22N6O6/c1-18(16(22)29)17(30)23(8-13(26)27)7-11(12(25)6-19)24(18)15(28)10-4-2-9(3-5-10)14(20)21/h2-5,11H,6-8,19H2,1H3,(H3,20,21)(H2,22,29)(H,26,27)/t11?,18-/m0/s1. The highest BCUT2D eigenvalue weighted by Gasteiger charge is 2.57. The van der Waals surface area contributed by atoms with Crippen molar-refractivity contribution in [3.63, 3.8) is 0 Å². The van der Waals surface area contributed by atoms with E-state index in [1.807, 2.05) is 0 Å². The number of carboxylic acid groups (broad SMARTS) is 1. The van der Waals surface area contributed by atoms with E-state index in [0.29, 0.717) is 5.56 Å². The first-order valence-electron chi connectivity index (χ1n) is 8.77. The average molecular weight is 418 g/mol. The molecule has 12 nitrogen and oxygen atoms in total. The Morgan fingerprint density at radius 2 is 1.70 bits per heavy atom. The van der Waals surface area contributed by atoms with E-state index in [4.69, 9.17) is 27.7 Å². The predicted molar refractivity (Wildman–Crippen MR) is 103 cm³/mol. The van der Waals surface area contributed by atoms with Crippen LogP contribution < -0.4 is 17.2 Å². The summed E-state index contributed by atoms with van der Waals surface area (Å²) in [6.45, 7) is -0.696. The number of hydrogen-bond acceptors (Lipinski definition) is 7. The first-order chi connectivity index (χ1) is 13.9. The van der Waals surface area contributed by atoms with Crippen molar-refractivity contribution in [3.05, 3.63) is 35.4 Å². The van der Waals surface area contributed by atoms with Gasteiger partial charge >= 0.3 is 5.97 Å². The zero-order chi connectivity index (χ0) is 22.8. The second kappa shape index (κ2) is 8.29. The summed E-state index contributed by atoms with van der Waals surface area (Å²) in [7, 11) is 0. The lowest BCUT2D eigenvalue weighted by Gasteiger charge is -2.49. The molecule has 1 fully saturated rings. The average Bonchev–Trinajstić information content (AvgIpc) is 2.69. The number of benzene rings is 1. The monoisotopic (exact) mass is 418 g/mol. The van der Waals surface area contributed by atoms with Crippen molar-refractivity contribution >= 4 is 35.3 Å². The number of carbonyl (C=O) groups is 5. The molecule has 1 heterocycles. The summed E-state index contributed by atoms with van der Waals surface area (Å²) in [4.78, 5) is 63.7. The fraction of sp³-hybridized carbons (Fsp3) is 0.333. The second-order valence-corrected chi connectivity index (χ2v) is 6.87. The van der Waals surface area contributed by atoms with E-state index in [-0.39, 0.29) is 11.4 Å². The van der Waals surface area contributed by atoms with Gasteiger partial charge in [-0.1, -0.05) is 12.1 Å². The van der Waals surface area contributed by atoms with E-state index in [1.54, 1.807) is 0 Å². The summed E-state index contributed by atoms with van der Waals surface area (Å²) < 4.78 is 0. The van der Waals surface area contributed by atoms with E-state index in [1.165, 1.54) is 24.3 Å². The van der Waals surface area contributed by atoms with E-state index in [9.17, 15) is 24.0 Å². The van der Waals surface area contributed by atoms with Crippen molar-refractivity contribution in [3.8, 4) is 0 Å². The number of amidine groups is 1. The van der Waals surface area contributed by atoms with Gasteiger partial charge in [-0.15, -0.1) is 0 Å². The van der Waals surface area contributed by atoms with E-state index in [2.05, 4.69) is 0 Å². The SMILES string of the molecule is C[C@]1(C(N)=O)C(=O)N(CC(=O)O)CC(C(=O)CN)N1C(=O)c1ccc(C(=N)N)cc1. The van der Waals surface area contributed by atoms with Gasteiger partial charge < -0.3 is 32.1 Å². The highest BCUT2D eigenvalue weighted by molar-refractivity contribution is 6.15. The molecular formula is C18H22N6O6. The summed E-state index contributed by atoms with van der Waals surface area (Å²) >= 11 is 0. The molecule has 12 heteroatoms. The largest absolute Gasteiger partial charge is 0.480 e. The molecule has 1 aliphatic rings. The van der Waals surface area contributed by atoms with Crippen molar-refractivity contribution in [2.75, 3.05) is 19.6 Å². The number of Topliss-reactive ketones (excluding diaryl/α,β-unsaturated/α-hetero) is 1. The van der Waals surface area contributed by atoms with Crippen LogP contribution in [0.15, 0.2) is 24.3 Å². The molecule has 0 radical (unpaired) electrons. The molecule has 30 heavy (non-hydrogen) atoms. The maximum atomic E-state index is 13.3. The van der Waals surface area contributed by atoms with Gasteiger partial charge in [0.1, 0.15) is 18.4 Å². The third-order valence-electron chi connectivity index (χ3n) is 4.93. The van der Waals surface area contributed by atoms with E-state index < -0.39 is 60.7 Å². The maximum absolute atomic E-state index is 13.3. The van der Waals surface area contributed by atoms with Gasteiger partial charge in [-0.25, -0.2) is 0 Å². The third-order valence-corrected chi connectivity index (χ3v) is 4.93. The van der Waals surface area contributed by atoms with Crippen molar-refractivity contribution < 1.29 is 29.1 Å². The molecule has 0 aliphatic carbocycles. The lowest BCUT2D eigenvalue weighted by atomic mass is 9.88. The molecule has 0 saturated carbocycles. The number of nitrogen functional groups attached to an aromatic ring is 1. The normalized spacial score (nSPS) is 21.3. The fourth-order valence-electron chi connectivity index (χ4n) is 3.28. The summed E-state index contributed by atoms with van der Waals surface area (Å²) in [6.07, 6.45) is 0. The van der Waals surface area contributed by atoms with Gasteiger partial charge in [0.25, 0.3) is 17.7 Å². The Labute approximate surface area is 171 Å². The molecule has 8 N–H and O–H groups in total. The van der Waals surface area contributed by atoms with Gasteiger partial charge in [0.05, 0.1) is 6.54 Å². The molecule has 1 aromatic rings. The number of hydrogen-bond donors (Lipinski definition) is 5. The quantitative estimate of drug-likeness (QED) is 0.180. The fourth-order valence-corrected chi connectivity index (χ4v) is 3.28. The molecule has 1 aliphatic heterocycles. The van der Waals surface area contributed by atoms with Gasteiger partial charge in [-0.05, 0) is 19.1 Å². The molecule has 0 spiro atoms. The van der Waals surface area contributed by atoms with Crippen LogP contribution in [-0.4, -0.2) is 81.4 Å². The number of piperazine rings is 1. The van der Waals surface area contributed by atoms with Gasteiger partial charge in [-0.3, -0.25) is 29.4 Å². The minimum Gasteiger partial charge on any atom is -0.480 e. The number of nitrogens with zero attached hydrogens (tertiary/aromatic N) is 2. The minimum absolute atomic E-state index is 0.00165. The Balaban J connectivity index is 2.60. The van der Waals surface area contributed by atoms with E-state index in [0.717, 1.165) is 16.7 Å². The zero-order valence-corrected chi connectivity index (χ0v) is 16.1. The smallest absolute Gasteiger partial charge is 0.323 e. The topological polar surface area (TPSA) is 214 Å². The first kappa shape index (κ1) is 22.5. The number of amides is 3. The van der Waals surface area contributed by atoms with Crippen LogP contribution in [0, 0.1) is 5.41 Å². The number of aliphatic carboxylic acids is 1. The minimum atomic E-state index is -2.32. The predicted octanol–water partition coefficient (Wildman–Crippen LogP) is -2.52. The summed E-state index contributed by atoms with van der Waals surface area (Å²) in [5.74, 6) is -5.39. The van der Waals surface area contributed by atoms with Crippen molar-refractivity contribution in [2.24, 2.45) is 17.2 Å². The van der Waals surface area contributed by atoms with Crippen LogP contribution in [0.5, 0.6) is 0 Å². The second-order valence-electron chi connectivity index (χ2n) is 6.87. The van der Waals surface area contributed by atoms with Crippen LogP contribution in [-0.2, 0) is 19.2 Å². The summed E-state index contributed by atoms with van der Waals surface area (Å²) in [5, 5.41) is 16.5. The van der Waals surface area contributed by atoms with E-state index >= 15 is 0 Å². The van der Waals surface area contributed by atoms with Crippen LogP contribution in [0.25, 0.3) is 0 Å². The highest BCUT2D eigenvalue weighted by Crippen LogP contribution is 2.29. The van der Waals surface area contributed by atoms with Gasteiger partial charge in [0.15, 0.2) is 11.3 Å². The van der Waals surface area contributed by atoms with Crippen LogP contribution in [0.1, 0.15) is 22.8 Å². The third kappa shape index (κ3) is 3.85. The van der Waals surface area contributed by atoms with Gasteiger partial charge in [0, 0.05) is 17.7 Å².